The summed E-state index contributed by atoms with van der Waals surface area (Å²) in [6, 6.07) is 10.5. The molecule has 0 unspecified atom stereocenters. The molecule has 0 amide bonds. The van der Waals surface area contributed by atoms with Crippen LogP contribution in [0.5, 0.6) is 0 Å². The van der Waals surface area contributed by atoms with E-state index in [1.165, 1.54) is 10.6 Å². The van der Waals surface area contributed by atoms with Gasteiger partial charge in [0.15, 0.2) is 0 Å². The SMILES string of the molecule is Cc1ncsc1CNCCCN(C)c1ccccc1. The molecule has 0 aliphatic carbocycles. The van der Waals surface area contributed by atoms with E-state index in [-0.39, 0.29) is 0 Å². The van der Waals surface area contributed by atoms with Crippen molar-refractivity contribution in [3.8, 4) is 0 Å². The Morgan fingerprint density at radius 3 is 2.74 bits per heavy atom. The lowest BCUT2D eigenvalue weighted by molar-refractivity contribution is 0.648. The summed E-state index contributed by atoms with van der Waals surface area (Å²) in [6.07, 6.45) is 1.14. The highest BCUT2D eigenvalue weighted by Gasteiger charge is 2.01. The molecule has 2 aromatic rings. The van der Waals surface area contributed by atoms with Crippen LogP contribution in [0.4, 0.5) is 5.69 Å². The van der Waals surface area contributed by atoms with E-state index in [0.29, 0.717) is 0 Å². The van der Waals surface area contributed by atoms with Crippen molar-refractivity contribution in [2.24, 2.45) is 0 Å². The Morgan fingerprint density at radius 2 is 2.05 bits per heavy atom. The Kier molecular flexibility index (Phi) is 5.36. The van der Waals surface area contributed by atoms with Crippen molar-refractivity contribution in [2.75, 3.05) is 25.0 Å². The molecule has 0 aliphatic rings. The van der Waals surface area contributed by atoms with Crippen molar-refractivity contribution < 1.29 is 0 Å². The number of benzene rings is 1. The third-order valence-corrected chi connectivity index (χ3v) is 4.11. The number of nitrogens with zero attached hydrogens (tertiary/aromatic N) is 2. The lowest BCUT2D eigenvalue weighted by Crippen LogP contribution is -2.23. The van der Waals surface area contributed by atoms with Gasteiger partial charge in [0.05, 0.1) is 11.2 Å². The van der Waals surface area contributed by atoms with Gasteiger partial charge in [0.2, 0.25) is 0 Å². The van der Waals surface area contributed by atoms with Crippen LogP contribution in [0.2, 0.25) is 0 Å². The molecule has 1 aromatic heterocycles. The first kappa shape index (κ1) is 14.0. The maximum Gasteiger partial charge on any atom is 0.0798 e. The van der Waals surface area contributed by atoms with Crippen molar-refractivity contribution >= 4 is 17.0 Å². The summed E-state index contributed by atoms with van der Waals surface area (Å²) in [5.74, 6) is 0. The fourth-order valence-electron chi connectivity index (χ4n) is 1.95. The van der Waals surface area contributed by atoms with Crippen LogP contribution in [0, 0.1) is 6.92 Å². The smallest absolute Gasteiger partial charge is 0.0798 e. The van der Waals surface area contributed by atoms with Gasteiger partial charge in [-0.3, -0.25) is 0 Å². The van der Waals surface area contributed by atoms with Crippen molar-refractivity contribution in [1.29, 1.82) is 0 Å². The van der Waals surface area contributed by atoms with Crippen molar-refractivity contribution in [1.82, 2.24) is 10.3 Å². The van der Waals surface area contributed by atoms with Gasteiger partial charge in [0.25, 0.3) is 0 Å². The van der Waals surface area contributed by atoms with E-state index in [9.17, 15) is 0 Å². The summed E-state index contributed by atoms with van der Waals surface area (Å²) in [7, 11) is 2.14. The van der Waals surface area contributed by atoms with Crippen LogP contribution >= 0.6 is 11.3 Å². The molecular formula is C15H21N3S. The Bertz CT molecular complexity index is 481. The molecule has 0 radical (unpaired) electrons. The van der Waals surface area contributed by atoms with Gasteiger partial charge in [-0.15, -0.1) is 11.3 Å². The summed E-state index contributed by atoms with van der Waals surface area (Å²) in [4.78, 5) is 7.89. The second kappa shape index (κ2) is 7.26. The molecule has 0 bridgehead atoms. The summed E-state index contributed by atoms with van der Waals surface area (Å²) >= 11 is 1.73. The fourth-order valence-corrected chi connectivity index (χ4v) is 2.70. The molecule has 0 fully saturated rings. The van der Waals surface area contributed by atoms with E-state index in [1.807, 2.05) is 5.51 Å². The molecule has 0 atom stereocenters. The Hall–Kier alpha value is -1.39. The number of anilines is 1. The van der Waals surface area contributed by atoms with Crippen LogP contribution in [0.25, 0.3) is 0 Å². The van der Waals surface area contributed by atoms with Gasteiger partial charge in [-0.05, 0) is 32.0 Å². The molecule has 1 N–H and O–H groups in total. The Labute approximate surface area is 119 Å². The maximum atomic E-state index is 4.25. The normalized spacial score (nSPS) is 10.6. The van der Waals surface area contributed by atoms with Crippen molar-refractivity contribution in [2.45, 2.75) is 19.9 Å². The highest BCUT2D eigenvalue weighted by atomic mass is 32.1. The maximum absolute atomic E-state index is 4.25. The number of nitrogens with one attached hydrogen (secondary N) is 1. The van der Waals surface area contributed by atoms with Gasteiger partial charge < -0.3 is 10.2 Å². The zero-order valence-corrected chi connectivity index (χ0v) is 12.4. The number of para-hydroxylation sites is 1. The zero-order valence-electron chi connectivity index (χ0n) is 11.6. The number of hydrogen-bond acceptors (Lipinski definition) is 4. The molecule has 0 saturated heterocycles. The average molecular weight is 275 g/mol. The first-order valence-electron chi connectivity index (χ1n) is 6.63. The molecule has 1 heterocycles. The van der Waals surface area contributed by atoms with E-state index in [4.69, 9.17) is 0 Å². The van der Waals surface area contributed by atoms with Gasteiger partial charge in [-0.25, -0.2) is 4.98 Å². The Morgan fingerprint density at radius 1 is 1.26 bits per heavy atom. The van der Waals surface area contributed by atoms with Gasteiger partial charge in [0.1, 0.15) is 0 Å². The minimum atomic E-state index is 0.936. The third-order valence-electron chi connectivity index (χ3n) is 3.17. The van der Waals surface area contributed by atoms with E-state index in [0.717, 1.165) is 31.7 Å². The highest BCUT2D eigenvalue weighted by molar-refractivity contribution is 7.09. The van der Waals surface area contributed by atoms with Crippen LogP contribution in [0.15, 0.2) is 35.8 Å². The van der Waals surface area contributed by atoms with E-state index in [1.54, 1.807) is 11.3 Å². The van der Waals surface area contributed by atoms with Crippen LogP contribution in [0.3, 0.4) is 0 Å². The second-order valence-electron chi connectivity index (χ2n) is 4.65. The Balaban J connectivity index is 1.63. The average Bonchev–Trinajstić information content (AvgIpc) is 2.85. The number of hydrogen-bond donors (Lipinski definition) is 1. The topological polar surface area (TPSA) is 28.2 Å². The molecule has 0 aliphatic heterocycles. The van der Waals surface area contributed by atoms with Crippen LogP contribution in [-0.2, 0) is 6.54 Å². The third kappa shape index (κ3) is 4.33. The number of aromatic nitrogens is 1. The predicted octanol–water partition coefficient (Wildman–Crippen LogP) is 3.07. The van der Waals surface area contributed by atoms with Gasteiger partial charge in [-0.1, -0.05) is 18.2 Å². The number of thiazole rings is 1. The largest absolute Gasteiger partial charge is 0.375 e. The zero-order chi connectivity index (χ0) is 13.5. The number of aryl methyl sites for hydroxylation is 1. The van der Waals surface area contributed by atoms with E-state index < -0.39 is 0 Å². The summed E-state index contributed by atoms with van der Waals surface area (Å²) in [5, 5.41) is 3.48. The summed E-state index contributed by atoms with van der Waals surface area (Å²) in [5.41, 5.74) is 4.34. The van der Waals surface area contributed by atoms with Gasteiger partial charge in [0, 0.05) is 30.7 Å². The van der Waals surface area contributed by atoms with Crippen LogP contribution in [-0.4, -0.2) is 25.1 Å². The molecule has 3 nitrogen and oxygen atoms in total. The molecule has 0 spiro atoms. The van der Waals surface area contributed by atoms with Crippen LogP contribution < -0.4 is 10.2 Å². The van der Waals surface area contributed by atoms with Crippen molar-refractivity contribution in [3.63, 3.8) is 0 Å². The van der Waals surface area contributed by atoms with E-state index in [2.05, 4.69) is 59.5 Å². The predicted molar refractivity (Wildman–Crippen MR) is 82.9 cm³/mol. The lowest BCUT2D eigenvalue weighted by atomic mass is 10.3. The second-order valence-corrected chi connectivity index (χ2v) is 5.59. The standard InChI is InChI=1S/C15H21N3S/c1-13-15(19-12-17-13)11-16-9-6-10-18(2)14-7-4-3-5-8-14/h3-5,7-8,12,16H,6,9-11H2,1-2H3. The molecule has 19 heavy (non-hydrogen) atoms. The quantitative estimate of drug-likeness (QED) is 0.787. The molecule has 4 heteroatoms. The molecular weight excluding hydrogens is 254 g/mol. The fraction of sp³-hybridized carbons (Fsp3) is 0.400. The summed E-state index contributed by atoms with van der Waals surface area (Å²) < 4.78 is 0. The first-order chi connectivity index (χ1) is 9.27. The molecule has 2 rings (SSSR count). The van der Waals surface area contributed by atoms with Gasteiger partial charge in [-0.2, -0.15) is 0 Å². The highest BCUT2D eigenvalue weighted by Crippen LogP contribution is 2.12. The monoisotopic (exact) mass is 275 g/mol. The summed E-state index contributed by atoms with van der Waals surface area (Å²) in [6.45, 7) is 5.11. The van der Waals surface area contributed by atoms with Crippen molar-refractivity contribution in [3.05, 3.63) is 46.4 Å². The molecule has 102 valence electrons. The van der Waals surface area contributed by atoms with E-state index >= 15 is 0 Å². The van der Waals surface area contributed by atoms with Gasteiger partial charge >= 0.3 is 0 Å². The first-order valence-corrected chi connectivity index (χ1v) is 7.51. The minimum absolute atomic E-state index is 0.936. The molecule has 0 saturated carbocycles. The molecule has 1 aromatic carbocycles. The minimum Gasteiger partial charge on any atom is -0.375 e. The lowest BCUT2D eigenvalue weighted by Gasteiger charge is -2.19. The van der Waals surface area contributed by atoms with Crippen LogP contribution in [0.1, 0.15) is 17.0 Å². The number of rotatable bonds is 7.